The van der Waals surface area contributed by atoms with Gasteiger partial charge in [-0.05, 0) is 78.9 Å². The molecule has 1 N–H and O–H groups in total. The maximum Gasteiger partial charge on any atom is 0.124 e. The van der Waals surface area contributed by atoms with E-state index in [1.165, 1.54) is 22.3 Å². The molecule has 1 heterocycles. The molecular weight excluding hydrogens is 693 g/mol. The first-order chi connectivity index (χ1) is 21.7. The molecule has 1 aliphatic rings. The average molecular weight is 735 g/mol. The summed E-state index contributed by atoms with van der Waals surface area (Å²) in [5, 5.41) is 12.1. The highest BCUT2D eigenvalue weighted by Crippen LogP contribution is 2.42. The number of hydrogen-bond acceptors (Lipinski definition) is 5. The standard InChI is InChI=1S/C34H42Cl6N4O/c1-24-18-29(41(14-8-35)15-9-36)6-4-26(24)22-43-12-3-13-44(34(43)33-31(40)20-28(39)21-32(33)45)23-27-5-7-30(19-25(27)2)42(16-10-37)17-11-38/h4-7,18-21,34,45H,3,8-17,22-23H2,1-2H3. The van der Waals surface area contributed by atoms with Gasteiger partial charge in [0.2, 0.25) is 0 Å². The number of nitrogens with zero attached hydrogens (tertiary/aromatic N) is 4. The zero-order valence-corrected chi connectivity index (χ0v) is 30.4. The van der Waals surface area contributed by atoms with Crippen LogP contribution in [0.2, 0.25) is 10.0 Å². The van der Waals surface area contributed by atoms with E-state index in [2.05, 4.69) is 69.8 Å². The second-order valence-corrected chi connectivity index (χ2v) is 13.8. The van der Waals surface area contributed by atoms with Crippen molar-refractivity contribution in [1.29, 1.82) is 0 Å². The van der Waals surface area contributed by atoms with Crippen molar-refractivity contribution in [1.82, 2.24) is 9.80 Å². The Balaban J connectivity index is 1.67. The number of benzene rings is 3. The van der Waals surface area contributed by atoms with Gasteiger partial charge in [-0.15, -0.1) is 46.4 Å². The smallest absolute Gasteiger partial charge is 0.124 e. The van der Waals surface area contributed by atoms with Crippen LogP contribution < -0.4 is 9.80 Å². The van der Waals surface area contributed by atoms with Gasteiger partial charge < -0.3 is 14.9 Å². The van der Waals surface area contributed by atoms with Crippen molar-refractivity contribution in [3.8, 4) is 5.75 Å². The average Bonchev–Trinajstić information content (AvgIpc) is 2.99. The van der Waals surface area contributed by atoms with Gasteiger partial charge in [0, 0.05) is 97.8 Å². The Kier molecular flexibility index (Phi) is 14.4. The SMILES string of the molecule is Cc1cc(N(CCCl)CCCl)ccc1CN1CCCN(Cc2ccc(N(CCCl)CCCl)cc2C)C1c1c(O)cc(Cl)cc1Cl. The first-order valence-electron chi connectivity index (χ1n) is 15.3. The summed E-state index contributed by atoms with van der Waals surface area (Å²) in [6.45, 7) is 10.3. The lowest BCUT2D eigenvalue weighted by Crippen LogP contribution is -2.47. The first kappa shape index (κ1) is 36.6. The van der Waals surface area contributed by atoms with Crippen molar-refractivity contribution >= 4 is 81.0 Å². The minimum atomic E-state index is -0.255. The molecule has 1 aliphatic heterocycles. The van der Waals surface area contributed by atoms with E-state index >= 15 is 0 Å². The molecule has 4 rings (SSSR count). The summed E-state index contributed by atoms with van der Waals surface area (Å²) >= 11 is 37.4. The van der Waals surface area contributed by atoms with Crippen LogP contribution in [0.1, 0.15) is 40.4 Å². The minimum absolute atomic E-state index is 0.101. The van der Waals surface area contributed by atoms with Gasteiger partial charge in [0.15, 0.2) is 0 Å². The third kappa shape index (κ3) is 9.42. The summed E-state index contributed by atoms with van der Waals surface area (Å²) in [7, 11) is 0. The molecule has 0 bridgehead atoms. The van der Waals surface area contributed by atoms with Gasteiger partial charge in [0.1, 0.15) is 5.75 Å². The monoisotopic (exact) mass is 732 g/mol. The fourth-order valence-corrected chi connectivity index (χ4v) is 7.57. The summed E-state index contributed by atoms with van der Waals surface area (Å²) in [6.07, 6.45) is 0.726. The van der Waals surface area contributed by atoms with Crippen LogP contribution in [0.5, 0.6) is 5.75 Å². The first-order valence-corrected chi connectivity index (χ1v) is 18.2. The molecule has 0 radical (unpaired) electrons. The highest BCUT2D eigenvalue weighted by molar-refractivity contribution is 6.35. The van der Waals surface area contributed by atoms with E-state index in [9.17, 15) is 5.11 Å². The molecule has 5 nitrogen and oxygen atoms in total. The molecule has 0 aromatic heterocycles. The van der Waals surface area contributed by atoms with Crippen LogP contribution in [0.25, 0.3) is 0 Å². The Bertz CT molecular complexity index is 1300. The zero-order chi connectivity index (χ0) is 32.5. The lowest BCUT2D eigenvalue weighted by molar-refractivity contribution is -0.0105. The molecule has 0 aliphatic carbocycles. The number of halogens is 6. The number of alkyl halides is 4. The van der Waals surface area contributed by atoms with Crippen LogP contribution in [0.15, 0.2) is 48.5 Å². The Morgan fingerprint density at radius 1 is 0.689 bits per heavy atom. The summed E-state index contributed by atoms with van der Waals surface area (Å²) in [5.41, 5.74) is 7.71. The van der Waals surface area contributed by atoms with Crippen molar-refractivity contribution < 1.29 is 5.11 Å². The third-order valence-corrected chi connectivity index (χ3v) is 9.67. The number of aromatic hydroxyl groups is 1. The maximum absolute atomic E-state index is 11.2. The predicted octanol–water partition coefficient (Wildman–Crippen LogP) is 9.29. The van der Waals surface area contributed by atoms with E-state index in [4.69, 9.17) is 69.6 Å². The maximum atomic E-state index is 11.2. The zero-order valence-electron chi connectivity index (χ0n) is 25.9. The van der Waals surface area contributed by atoms with Crippen LogP contribution in [0.4, 0.5) is 11.4 Å². The Morgan fingerprint density at radius 2 is 1.13 bits per heavy atom. The van der Waals surface area contributed by atoms with Crippen LogP contribution in [-0.2, 0) is 13.1 Å². The molecule has 0 saturated carbocycles. The number of anilines is 2. The van der Waals surface area contributed by atoms with E-state index in [-0.39, 0.29) is 11.9 Å². The number of hydrogen-bond donors (Lipinski definition) is 1. The Labute approximate surface area is 298 Å². The quantitative estimate of drug-likeness (QED) is 0.158. The molecule has 0 atom stereocenters. The van der Waals surface area contributed by atoms with Crippen molar-refractivity contribution in [3.63, 3.8) is 0 Å². The van der Waals surface area contributed by atoms with Gasteiger partial charge in [-0.2, -0.15) is 0 Å². The summed E-state index contributed by atoms with van der Waals surface area (Å²) in [6, 6.07) is 16.4. The van der Waals surface area contributed by atoms with Crippen molar-refractivity contribution in [2.24, 2.45) is 0 Å². The van der Waals surface area contributed by atoms with Gasteiger partial charge in [-0.1, -0.05) is 35.3 Å². The third-order valence-electron chi connectivity index (χ3n) is 8.46. The molecule has 0 unspecified atom stereocenters. The van der Waals surface area contributed by atoms with Gasteiger partial charge in [-0.3, -0.25) is 9.80 Å². The number of rotatable bonds is 15. The van der Waals surface area contributed by atoms with E-state index in [1.54, 1.807) is 12.1 Å². The molecular formula is C34H42Cl6N4O. The normalized spacial score (nSPS) is 14.7. The fourth-order valence-electron chi connectivity index (χ4n) is 6.17. The number of phenols is 1. The minimum Gasteiger partial charge on any atom is -0.507 e. The summed E-state index contributed by atoms with van der Waals surface area (Å²) < 4.78 is 0. The number of phenolic OH excluding ortho intramolecular Hbond substituents is 1. The highest BCUT2D eigenvalue weighted by Gasteiger charge is 2.35. The van der Waals surface area contributed by atoms with Gasteiger partial charge >= 0.3 is 0 Å². The Hall–Kier alpha value is -1.28. The molecule has 3 aromatic carbocycles. The van der Waals surface area contributed by atoms with Crippen LogP contribution in [-0.4, -0.2) is 77.7 Å². The second kappa shape index (κ2) is 17.8. The van der Waals surface area contributed by atoms with Crippen molar-refractivity contribution in [2.75, 3.05) is 72.6 Å². The van der Waals surface area contributed by atoms with Crippen molar-refractivity contribution in [3.05, 3.63) is 86.4 Å². The largest absolute Gasteiger partial charge is 0.507 e. The van der Waals surface area contributed by atoms with E-state index in [1.807, 2.05) is 0 Å². The van der Waals surface area contributed by atoms with Crippen LogP contribution >= 0.6 is 69.6 Å². The van der Waals surface area contributed by atoms with Gasteiger partial charge in [0.05, 0.1) is 11.2 Å². The Morgan fingerprint density at radius 3 is 1.51 bits per heavy atom. The number of aryl methyl sites for hydroxylation is 2. The molecule has 45 heavy (non-hydrogen) atoms. The van der Waals surface area contributed by atoms with E-state index in [0.717, 1.165) is 57.1 Å². The molecule has 0 spiro atoms. The molecule has 11 heteroatoms. The van der Waals surface area contributed by atoms with Gasteiger partial charge in [0.25, 0.3) is 0 Å². The molecule has 1 fully saturated rings. The second-order valence-electron chi connectivity index (χ2n) is 11.4. The molecule has 3 aromatic rings. The molecule has 1 saturated heterocycles. The van der Waals surface area contributed by atoms with Crippen molar-refractivity contribution in [2.45, 2.75) is 39.5 Å². The highest BCUT2D eigenvalue weighted by atomic mass is 35.5. The van der Waals surface area contributed by atoms with Crippen LogP contribution in [0.3, 0.4) is 0 Å². The topological polar surface area (TPSA) is 33.2 Å². The predicted molar refractivity (Wildman–Crippen MR) is 196 cm³/mol. The molecule has 0 amide bonds. The fraction of sp³-hybridized carbons (Fsp3) is 0.471. The van der Waals surface area contributed by atoms with E-state index in [0.29, 0.717) is 52.2 Å². The summed E-state index contributed by atoms with van der Waals surface area (Å²) in [5.74, 6) is 2.25. The van der Waals surface area contributed by atoms with Crippen LogP contribution in [0, 0.1) is 13.8 Å². The van der Waals surface area contributed by atoms with E-state index < -0.39 is 0 Å². The lowest BCUT2D eigenvalue weighted by Gasteiger charge is -2.45. The van der Waals surface area contributed by atoms with Gasteiger partial charge in [-0.25, -0.2) is 0 Å². The summed E-state index contributed by atoms with van der Waals surface area (Å²) in [4.78, 5) is 9.24. The molecule has 246 valence electrons. The lowest BCUT2D eigenvalue weighted by atomic mass is 10.0.